The Labute approximate surface area is 106 Å². The Kier molecular flexibility index (Phi) is 7.20. The molecule has 0 aromatic rings. The maximum Gasteiger partial charge on any atom is 0.192 e. The van der Waals surface area contributed by atoms with E-state index in [9.17, 15) is 4.39 Å². The van der Waals surface area contributed by atoms with Gasteiger partial charge in [-0.3, -0.25) is 0 Å². The summed E-state index contributed by atoms with van der Waals surface area (Å²) in [6.45, 7) is 11.2. The molecule has 0 aliphatic carbocycles. The third-order valence-corrected chi connectivity index (χ3v) is 8.04. The molecule has 0 saturated carbocycles. The van der Waals surface area contributed by atoms with Gasteiger partial charge in [0.2, 0.25) is 0 Å². The van der Waals surface area contributed by atoms with E-state index >= 15 is 0 Å². The van der Waals surface area contributed by atoms with Crippen molar-refractivity contribution in [2.75, 3.05) is 13.2 Å². The maximum absolute atomic E-state index is 12.7. The summed E-state index contributed by atoms with van der Waals surface area (Å²) in [5, 5.41) is 8.75. The van der Waals surface area contributed by atoms with Crippen LogP contribution < -0.4 is 0 Å². The lowest BCUT2D eigenvalue weighted by Crippen LogP contribution is -2.42. The Hall–Kier alpha value is -0.193. The smallest absolute Gasteiger partial charge is 0.192 e. The highest BCUT2D eigenvalue weighted by atomic mass is 28.4. The third kappa shape index (κ3) is 5.79. The molecule has 102 valence electrons. The van der Waals surface area contributed by atoms with E-state index in [4.69, 9.17) is 9.53 Å². The average molecular weight is 262 g/mol. The number of halogens is 1. The van der Waals surface area contributed by atoms with Gasteiger partial charge in [0.05, 0.1) is 6.61 Å². The van der Waals surface area contributed by atoms with Gasteiger partial charge in [0, 0.05) is 6.61 Å². The number of hydrogen-bond donors (Lipinski definition) is 1. The molecule has 0 unspecified atom stereocenters. The zero-order valence-electron chi connectivity index (χ0n) is 11.8. The van der Waals surface area contributed by atoms with Gasteiger partial charge in [-0.1, -0.05) is 27.2 Å². The summed E-state index contributed by atoms with van der Waals surface area (Å²) in [6.07, 6.45) is 4.25. The van der Waals surface area contributed by atoms with Crippen molar-refractivity contribution in [1.82, 2.24) is 0 Å². The minimum absolute atomic E-state index is 0.237. The van der Waals surface area contributed by atoms with Gasteiger partial charge in [0.1, 0.15) is 5.83 Å². The molecule has 17 heavy (non-hydrogen) atoms. The molecule has 0 radical (unpaired) electrons. The van der Waals surface area contributed by atoms with Gasteiger partial charge in [-0.2, -0.15) is 0 Å². The van der Waals surface area contributed by atoms with E-state index in [2.05, 4.69) is 33.9 Å². The molecule has 0 spiro atoms. The van der Waals surface area contributed by atoms with Crippen LogP contribution in [0.1, 0.15) is 40.0 Å². The van der Waals surface area contributed by atoms with Crippen molar-refractivity contribution in [3.05, 3.63) is 11.9 Å². The second-order valence-corrected chi connectivity index (χ2v) is 10.3. The average Bonchev–Trinajstić information content (AvgIpc) is 2.23. The van der Waals surface area contributed by atoms with Crippen LogP contribution in [0.4, 0.5) is 4.39 Å². The van der Waals surface area contributed by atoms with Gasteiger partial charge >= 0.3 is 0 Å². The molecule has 0 aromatic heterocycles. The van der Waals surface area contributed by atoms with E-state index in [0.717, 1.165) is 12.8 Å². The van der Waals surface area contributed by atoms with E-state index < -0.39 is 20.8 Å². The van der Waals surface area contributed by atoms with Gasteiger partial charge in [-0.15, -0.1) is 0 Å². The van der Waals surface area contributed by atoms with E-state index in [1.807, 2.05) is 0 Å². The van der Waals surface area contributed by atoms with Crippen molar-refractivity contribution in [3.8, 4) is 0 Å². The second-order valence-electron chi connectivity index (χ2n) is 5.59. The standard InChI is InChI=1S/C13H27FO2Si/c1-6-9-13(2,3)17(4,5)16-10-7-8-12(14)11-15/h8,15H,6-7,9-11H2,1-5H3/b12-8-. The zero-order chi connectivity index (χ0) is 13.5. The van der Waals surface area contributed by atoms with Crippen LogP contribution in [0.5, 0.6) is 0 Å². The lowest BCUT2D eigenvalue weighted by molar-refractivity contribution is 0.280. The number of hydrogen-bond acceptors (Lipinski definition) is 2. The first kappa shape index (κ1) is 16.8. The zero-order valence-corrected chi connectivity index (χ0v) is 12.8. The van der Waals surface area contributed by atoms with Crippen LogP contribution in [0, 0.1) is 0 Å². The molecule has 0 aliphatic rings. The molecule has 0 bridgehead atoms. The fourth-order valence-electron chi connectivity index (χ4n) is 1.72. The van der Waals surface area contributed by atoms with Gasteiger partial charge in [-0.05, 0) is 37.0 Å². The second kappa shape index (κ2) is 7.29. The lowest BCUT2D eigenvalue weighted by atomic mass is 10.1. The summed E-state index contributed by atoms with van der Waals surface area (Å²) >= 11 is 0. The highest BCUT2D eigenvalue weighted by Gasteiger charge is 2.39. The SMILES string of the molecule is CCCC(C)(C)[Si](C)(C)OCC/C=C(\F)CO. The number of rotatable bonds is 8. The van der Waals surface area contributed by atoms with Crippen LogP contribution in [0.25, 0.3) is 0 Å². The molecule has 0 heterocycles. The molecule has 4 heteroatoms. The quantitative estimate of drug-likeness (QED) is 0.529. The van der Waals surface area contributed by atoms with E-state index in [0.29, 0.717) is 13.0 Å². The summed E-state index contributed by atoms with van der Waals surface area (Å²) in [5.74, 6) is -0.471. The Morgan fingerprint density at radius 1 is 1.41 bits per heavy atom. The Morgan fingerprint density at radius 3 is 2.47 bits per heavy atom. The normalized spacial score (nSPS) is 14.2. The van der Waals surface area contributed by atoms with Crippen molar-refractivity contribution >= 4 is 8.32 Å². The van der Waals surface area contributed by atoms with Crippen molar-refractivity contribution in [3.63, 3.8) is 0 Å². The third-order valence-electron chi connectivity index (χ3n) is 3.60. The molecular weight excluding hydrogens is 235 g/mol. The van der Waals surface area contributed by atoms with Crippen LogP contribution in [-0.4, -0.2) is 26.6 Å². The highest BCUT2D eigenvalue weighted by Crippen LogP contribution is 2.41. The first-order chi connectivity index (χ1) is 7.77. The molecule has 2 nitrogen and oxygen atoms in total. The highest BCUT2D eigenvalue weighted by molar-refractivity contribution is 6.74. The lowest BCUT2D eigenvalue weighted by Gasteiger charge is -2.39. The predicted octanol–water partition coefficient (Wildman–Crippen LogP) is 4.02. The maximum atomic E-state index is 12.7. The molecule has 0 rings (SSSR count). The van der Waals surface area contributed by atoms with Gasteiger partial charge in [0.15, 0.2) is 8.32 Å². The topological polar surface area (TPSA) is 29.5 Å². The molecule has 0 aliphatic heterocycles. The molecular formula is C13H27FO2Si. The van der Waals surface area contributed by atoms with Gasteiger partial charge < -0.3 is 9.53 Å². The molecule has 0 amide bonds. The van der Waals surface area contributed by atoms with Crippen molar-refractivity contribution < 1.29 is 13.9 Å². The number of aliphatic hydroxyl groups excluding tert-OH is 1. The largest absolute Gasteiger partial charge is 0.417 e. The molecule has 0 atom stereocenters. The van der Waals surface area contributed by atoms with Gasteiger partial charge in [0.25, 0.3) is 0 Å². The van der Waals surface area contributed by atoms with Crippen molar-refractivity contribution in [1.29, 1.82) is 0 Å². The summed E-state index contributed by atoms with van der Waals surface area (Å²) in [5.41, 5.74) is 0. The van der Waals surface area contributed by atoms with E-state index in [1.54, 1.807) is 0 Å². The Bertz CT molecular complexity index is 250. The number of aliphatic hydroxyl groups is 1. The summed E-state index contributed by atoms with van der Waals surface area (Å²) in [7, 11) is -1.75. The fraction of sp³-hybridized carbons (Fsp3) is 0.846. The predicted molar refractivity (Wildman–Crippen MR) is 73.3 cm³/mol. The monoisotopic (exact) mass is 262 g/mol. The van der Waals surface area contributed by atoms with Crippen molar-refractivity contribution in [2.24, 2.45) is 0 Å². The minimum Gasteiger partial charge on any atom is -0.417 e. The first-order valence-electron chi connectivity index (χ1n) is 6.36. The molecule has 1 N–H and O–H groups in total. The van der Waals surface area contributed by atoms with Crippen LogP contribution in [-0.2, 0) is 4.43 Å². The Balaban J connectivity index is 4.18. The molecule has 0 fully saturated rings. The van der Waals surface area contributed by atoms with Crippen LogP contribution in [0.15, 0.2) is 11.9 Å². The van der Waals surface area contributed by atoms with E-state index in [1.165, 1.54) is 6.08 Å². The molecule has 0 saturated heterocycles. The van der Waals surface area contributed by atoms with Crippen molar-refractivity contribution in [2.45, 2.75) is 58.2 Å². The van der Waals surface area contributed by atoms with Gasteiger partial charge in [-0.25, -0.2) is 4.39 Å². The van der Waals surface area contributed by atoms with Crippen LogP contribution in [0.2, 0.25) is 18.1 Å². The van der Waals surface area contributed by atoms with Crippen LogP contribution in [0.3, 0.4) is 0 Å². The summed E-state index contributed by atoms with van der Waals surface area (Å²) in [4.78, 5) is 0. The summed E-state index contributed by atoms with van der Waals surface area (Å²) in [6, 6.07) is 0. The minimum atomic E-state index is -1.75. The summed E-state index contributed by atoms with van der Waals surface area (Å²) < 4.78 is 18.7. The molecule has 0 aromatic carbocycles. The first-order valence-corrected chi connectivity index (χ1v) is 9.27. The fourth-order valence-corrected chi connectivity index (χ4v) is 3.59. The van der Waals surface area contributed by atoms with E-state index in [-0.39, 0.29) is 5.04 Å². The van der Waals surface area contributed by atoms with Crippen LogP contribution >= 0.6 is 0 Å². The Morgan fingerprint density at radius 2 is 2.00 bits per heavy atom.